The van der Waals surface area contributed by atoms with E-state index in [-0.39, 0.29) is 5.91 Å². The monoisotopic (exact) mass is 471 g/mol. The molecule has 0 spiro atoms. The lowest BCUT2D eigenvalue weighted by molar-refractivity contribution is -0.119. The van der Waals surface area contributed by atoms with Crippen molar-refractivity contribution in [1.82, 2.24) is 4.57 Å². The van der Waals surface area contributed by atoms with Crippen LogP contribution in [0.5, 0.6) is 0 Å². The molecular weight excluding hydrogens is 450 g/mol. The van der Waals surface area contributed by atoms with Crippen LogP contribution < -0.4 is 10.6 Å². The molecule has 9 heteroatoms. The molecule has 0 saturated heterocycles. The largest absolute Gasteiger partial charge is 0.451 e. The Morgan fingerprint density at radius 3 is 2.56 bits per heavy atom. The number of hydrogen-bond donors (Lipinski definition) is 2. The van der Waals surface area contributed by atoms with E-state index in [0.29, 0.717) is 27.0 Å². The lowest BCUT2D eigenvalue weighted by Gasteiger charge is -2.13. The molecule has 0 saturated carbocycles. The van der Waals surface area contributed by atoms with Crippen molar-refractivity contribution in [3.8, 4) is 0 Å². The molecular formula is C23H22ClN3O4S. The molecule has 7 nitrogen and oxygen atoms in total. The average Bonchev–Trinajstić information content (AvgIpc) is 3.36. The van der Waals surface area contributed by atoms with Crippen LogP contribution in [-0.2, 0) is 29.4 Å². The standard InChI is InChI=1S/C23H22ClN3O4S/c1-27-12-4-6-17(27)23(30)31-13-19(28)26-22-20(16-5-2-3-7-18(16)32-22)21(29)25-15-10-8-14(24)9-11-15/h4,6,8-12H,2-3,5,7,13H2,1H3,(H,25,29)(H,26,28). The molecule has 0 aliphatic heterocycles. The Hall–Kier alpha value is -3.10. The van der Waals surface area contributed by atoms with Crippen molar-refractivity contribution >= 4 is 51.4 Å². The second kappa shape index (κ2) is 9.58. The number of aromatic nitrogens is 1. The SMILES string of the molecule is Cn1cccc1C(=O)OCC(=O)Nc1sc2c(c1C(=O)Nc1ccc(Cl)cc1)CCCC2. The van der Waals surface area contributed by atoms with Crippen molar-refractivity contribution < 1.29 is 19.1 Å². The first-order chi connectivity index (χ1) is 15.4. The van der Waals surface area contributed by atoms with Crippen LogP contribution in [0.1, 0.15) is 44.1 Å². The summed E-state index contributed by atoms with van der Waals surface area (Å²) in [4.78, 5) is 38.9. The van der Waals surface area contributed by atoms with Crippen LogP contribution in [0, 0.1) is 0 Å². The number of amides is 2. The molecule has 4 rings (SSSR count). The summed E-state index contributed by atoms with van der Waals surface area (Å²) in [6.07, 6.45) is 5.42. The predicted molar refractivity (Wildman–Crippen MR) is 125 cm³/mol. The van der Waals surface area contributed by atoms with Crippen LogP contribution >= 0.6 is 22.9 Å². The van der Waals surface area contributed by atoms with Crippen molar-refractivity contribution in [3.63, 3.8) is 0 Å². The molecule has 1 aliphatic rings. The van der Waals surface area contributed by atoms with Gasteiger partial charge >= 0.3 is 5.97 Å². The van der Waals surface area contributed by atoms with Gasteiger partial charge in [0.25, 0.3) is 11.8 Å². The number of nitrogens with one attached hydrogen (secondary N) is 2. The number of fused-ring (bicyclic) bond motifs is 1. The minimum Gasteiger partial charge on any atom is -0.451 e. The Balaban J connectivity index is 1.49. The number of hydrogen-bond acceptors (Lipinski definition) is 5. The molecule has 1 aliphatic carbocycles. The van der Waals surface area contributed by atoms with Crippen molar-refractivity contribution in [3.05, 3.63) is 69.3 Å². The van der Waals surface area contributed by atoms with Gasteiger partial charge in [-0.2, -0.15) is 0 Å². The molecule has 166 valence electrons. The Bertz CT molecular complexity index is 1170. The highest BCUT2D eigenvalue weighted by Gasteiger charge is 2.27. The highest BCUT2D eigenvalue weighted by Crippen LogP contribution is 2.38. The Kier molecular flexibility index (Phi) is 6.62. The normalized spacial score (nSPS) is 12.7. The lowest BCUT2D eigenvalue weighted by atomic mass is 9.95. The molecule has 0 fully saturated rings. The zero-order valence-corrected chi connectivity index (χ0v) is 19.0. The van der Waals surface area contributed by atoms with Crippen molar-refractivity contribution in [2.24, 2.45) is 7.05 Å². The van der Waals surface area contributed by atoms with Crippen LogP contribution in [0.15, 0.2) is 42.6 Å². The maximum Gasteiger partial charge on any atom is 0.355 e. The summed E-state index contributed by atoms with van der Waals surface area (Å²) >= 11 is 7.33. The van der Waals surface area contributed by atoms with E-state index in [1.54, 1.807) is 54.2 Å². The third-order valence-electron chi connectivity index (χ3n) is 5.24. The molecule has 2 heterocycles. The molecule has 0 atom stereocenters. The third-order valence-corrected chi connectivity index (χ3v) is 6.70. The van der Waals surface area contributed by atoms with E-state index in [0.717, 1.165) is 36.1 Å². The fourth-order valence-electron chi connectivity index (χ4n) is 3.66. The number of carbonyl (C=O) groups is 3. The number of ether oxygens (including phenoxy) is 1. The van der Waals surface area contributed by atoms with Crippen molar-refractivity contribution in [2.45, 2.75) is 25.7 Å². The van der Waals surface area contributed by atoms with Crippen molar-refractivity contribution in [1.29, 1.82) is 0 Å². The van der Waals surface area contributed by atoms with Crippen LogP contribution in [0.4, 0.5) is 10.7 Å². The van der Waals surface area contributed by atoms with Crippen LogP contribution in [0.25, 0.3) is 0 Å². The molecule has 2 aromatic heterocycles. The van der Waals surface area contributed by atoms with Gasteiger partial charge in [-0.15, -0.1) is 11.3 Å². The fraction of sp³-hybridized carbons (Fsp3) is 0.261. The molecule has 32 heavy (non-hydrogen) atoms. The maximum absolute atomic E-state index is 13.1. The molecule has 0 radical (unpaired) electrons. The second-order valence-corrected chi connectivity index (χ2v) is 9.05. The average molecular weight is 472 g/mol. The van der Waals surface area contributed by atoms with Gasteiger partial charge in [0.15, 0.2) is 6.61 Å². The number of thiophene rings is 1. The van der Waals surface area contributed by atoms with Crippen LogP contribution in [-0.4, -0.2) is 29.0 Å². The van der Waals surface area contributed by atoms with Crippen molar-refractivity contribution in [2.75, 3.05) is 17.2 Å². The number of rotatable bonds is 6. The summed E-state index contributed by atoms with van der Waals surface area (Å²) < 4.78 is 6.75. The van der Waals surface area contributed by atoms with Gasteiger partial charge in [0.2, 0.25) is 0 Å². The fourth-order valence-corrected chi connectivity index (χ4v) is 5.09. The molecule has 3 aromatic rings. The Morgan fingerprint density at radius 1 is 1.09 bits per heavy atom. The van der Waals surface area contributed by atoms with E-state index < -0.39 is 18.5 Å². The van der Waals surface area contributed by atoms with E-state index in [2.05, 4.69) is 10.6 Å². The van der Waals surface area contributed by atoms with Gasteiger partial charge in [-0.1, -0.05) is 11.6 Å². The Morgan fingerprint density at radius 2 is 1.84 bits per heavy atom. The zero-order valence-electron chi connectivity index (χ0n) is 17.4. The van der Waals surface area contributed by atoms with Gasteiger partial charge < -0.3 is 19.9 Å². The minimum absolute atomic E-state index is 0.289. The number of nitrogens with zero attached hydrogens (tertiary/aromatic N) is 1. The summed E-state index contributed by atoms with van der Waals surface area (Å²) in [5.41, 5.74) is 2.42. The van der Waals surface area contributed by atoms with Crippen LogP contribution in [0.2, 0.25) is 5.02 Å². The van der Waals surface area contributed by atoms with E-state index >= 15 is 0 Å². The van der Waals surface area contributed by atoms with E-state index in [1.165, 1.54) is 11.3 Å². The highest BCUT2D eigenvalue weighted by molar-refractivity contribution is 7.17. The summed E-state index contributed by atoms with van der Waals surface area (Å²) in [6, 6.07) is 10.2. The zero-order chi connectivity index (χ0) is 22.7. The summed E-state index contributed by atoms with van der Waals surface area (Å²) in [7, 11) is 1.72. The van der Waals surface area contributed by atoms with Gasteiger partial charge in [-0.05, 0) is 67.6 Å². The van der Waals surface area contributed by atoms with E-state index in [1.807, 2.05) is 0 Å². The number of aryl methyl sites for hydroxylation is 2. The quantitative estimate of drug-likeness (QED) is 0.511. The summed E-state index contributed by atoms with van der Waals surface area (Å²) in [5.74, 6) is -1.37. The lowest BCUT2D eigenvalue weighted by Crippen LogP contribution is -2.23. The first kappa shape index (κ1) is 22.1. The number of halogens is 1. The topological polar surface area (TPSA) is 89.4 Å². The van der Waals surface area contributed by atoms with Crippen LogP contribution in [0.3, 0.4) is 0 Å². The summed E-state index contributed by atoms with van der Waals surface area (Å²) in [6.45, 7) is -0.440. The molecule has 2 N–H and O–H groups in total. The number of carbonyl (C=O) groups excluding carboxylic acids is 3. The number of benzene rings is 1. The summed E-state index contributed by atoms with van der Waals surface area (Å²) in [5, 5.41) is 6.71. The third kappa shape index (κ3) is 4.87. The Labute approximate surface area is 194 Å². The predicted octanol–water partition coefficient (Wildman–Crippen LogP) is 4.67. The smallest absolute Gasteiger partial charge is 0.355 e. The van der Waals surface area contributed by atoms with Gasteiger partial charge in [0, 0.05) is 28.8 Å². The number of anilines is 2. The van der Waals surface area contributed by atoms with Gasteiger partial charge in [-0.25, -0.2) is 4.79 Å². The molecule has 0 bridgehead atoms. The number of esters is 1. The second-order valence-electron chi connectivity index (χ2n) is 7.50. The highest BCUT2D eigenvalue weighted by atomic mass is 35.5. The van der Waals surface area contributed by atoms with E-state index in [9.17, 15) is 14.4 Å². The first-order valence-corrected chi connectivity index (χ1v) is 11.4. The molecule has 2 amide bonds. The first-order valence-electron chi connectivity index (χ1n) is 10.2. The van der Waals surface area contributed by atoms with E-state index in [4.69, 9.17) is 16.3 Å². The van der Waals surface area contributed by atoms with Gasteiger partial charge in [-0.3, -0.25) is 9.59 Å². The van der Waals surface area contributed by atoms with Gasteiger partial charge in [0.05, 0.1) is 5.56 Å². The molecule has 0 unspecified atom stereocenters. The maximum atomic E-state index is 13.1. The molecule has 1 aromatic carbocycles. The minimum atomic E-state index is -0.584. The van der Waals surface area contributed by atoms with Gasteiger partial charge in [0.1, 0.15) is 10.7 Å².